The van der Waals surface area contributed by atoms with E-state index >= 15 is 0 Å². The number of ether oxygens (including phenoxy) is 1. The molecule has 0 aromatic rings. The zero-order valence-electron chi connectivity index (χ0n) is 8.46. The number of nitrogens with zero attached hydrogens (tertiary/aromatic N) is 1. The normalized spacial score (nSPS) is 12.3. The Bertz CT molecular complexity index is 136. The first kappa shape index (κ1) is 11.3. The molecule has 0 aromatic heterocycles. The Morgan fingerprint density at radius 3 is 2.33 bits per heavy atom. The van der Waals surface area contributed by atoms with Crippen LogP contribution in [0.4, 0.5) is 4.79 Å². The third-order valence-electron chi connectivity index (χ3n) is 1.97. The second-order valence-electron chi connectivity index (χ2n) is 2.74. The Balaban J connectivity index is 4.04. The van der Waals surface area contributed by atoms with Gasteiger partial charge in [-0.05, 0) is 27.2 Å². The van der Waals surface area contributed by atoms with Gasteiger partial charge in [-0.1, -0.05) is 6.92 Å². The fourth-order valence-electron chi connectivity index (χ4n) is 1.05. The number of hydrogen-bond acceptors (Lipinski definition) is 2. The van der Waals surface area contributed by atoms with E-state index < -0.39 is 0 Å². The van der Waals surface area contributed by atoms with Gasteiger partial charge in [-0.15, -0.1) is 0 Å². The molecule has 1 amide bonds. The zero-order chi connectivity index (χ0) is 9.56. The summed E-state index contributed by atoms with van der Waals surface area (Å²) in [4.78, 5) is 13.0. The Kier molecular flexibility index (Phi) is 5.51. The van der Waals surface area contributed by atoms with E-state index in [9.17, 15) is 4.79 Å². The van der Waals surface area contributed by atoms with Gasteiger partial charge in [0, 0.05) is 12.6 Å². The van der Waals surface area contributed by atoms with Crippen LogP contribution in [0.1, 0.15) is 34.1 Å². The Morgan fingerprint density at radius 1 is 1.42 bits per heavy atom. The van der Waals surface area contributed by atoms with Crippen LogP contribution in [0.3, 0.4) is 0 Å². The van der Waals surface area contributed by atoms with Crippen LogP contribution in [0.15, 0.2) is 0 Å². The molecule has 0 saturated heterocycles. The number of carbonyl (C=O) groups is 1. The summed E-state index contributed by atoms with van der Waals surface area (Å²) in [6, 6.07) is 0.272. The van der Waals surface area contributed by atoms with Crippen molar-refractivity contribution in [3.05, 3.63) is 0 Å². The highest BCUT2D eigenvalue weighted by molar-refractivity contribution is 5.67. The molecule has 0 rings (SSSR count). The van der Waals surface area contributed by atoms with E-state index in [1.54, 1.807) is 4.90 Å². The van der Waals surface area contributed by atoms with Crippen LogP contribution in [0, 0.1) is 0 Å². The molecule has 0 aliphatic rings. The maximum Gasteiger partial charge on any atom is 0.409 e. The van der Waals surface area contributed by atoms with E-state index in [0.717, 1.165) is 6.42 Å². The predicted molar refractivity (Wildman–Crippen MR) is 49.2 cm³/mol. The van der Waals surface area contributed by atoms with Gasteiger partial charge in [-0.25, -0.2) is 4.79 Å². The van der Waals surface area contributed by atoms with Gasteiger partial charge in [0.2, 0.25) is 0 Å². The minimum absolute atomic E-state index is 0.200. The van der Waals surface area contributed by atoms with E-state index in [0.29, 0.717) is 13.2 Å². The topological polar surface area (TPSA) is 29.5 Å². The molecule has 0 N–H and O–H groups in total. The maximum absolute atomic E-state index is 11.3. The summed E-state index contributed by atoms with van der Waals surface area (Å²) < 4.78 is 4.90. The smallest absolute Gasteiger partial charge is 0.409 e. The van der Waals surface area contributed by atoms with Gasteiger partial charge in [0.05, 0.1) is 6.61 Å². The first-order valence-electron chi connectivity index (χ1n) is 4.60. The van der Waals surface area contributed by atoms with Crippen LogP contribution in [0.25, 0.3) is 0 Å². The lowest BCUT2D eigenvalue weighted by Crippen LogP contribution is -2.38. The first-order valence-corrected chi connectivity index (χ1v) is 4.60. The van der Waals surface area contributed by atoms with E-state index in [-0.39, 0.29) is 12.1 Å². The van der Waals surface area contributed by atoms with Gasteiger partial charge in [-0.3, -0.25) is 0 Å². The highest BCUT2D eigenvalue weighted by atomic mass is 16.6. The molecule has 3 heteroatoms. The van der Waals surface area contributed by atoms with Gasteiger partial charge in [0.25, 0.3) is 0 Å². The van der Waals surface area contributed by atoms with Gasteiger partial charge >= 0.3 is 6.09 Å². The standard InChI is InChI=1S/C9H19NO2/c1-5-8(4)10(6-2)9(11)12-7-3/h8H,5-7H2,1-4H3. The summed E-state index contributed by atoms with van der Waals surface area (Å²) in [5.74, 6) is 0. The average molecular weight is 173 g/mol. The first-order chi connectivity index (χ1) is 5.67. The molecule has 72 valence electrons. The van der Waals surface area contributed by atoms with Gasteiger partial charge in [0.15, 0.2) is 0 Å². The fraction of sp³-hybridized carbons (Fsp3) is 0.889. The van der Waals surface area contributed by atoms with Crippen molar-refractivity contribution in [2.24, 2.45) is 0 Å². The van der Waals surface area contributed by atoms with Gasteiger partial charge in [0.1, 0.15) is 0 Å². The minimum atomic E-state index is -0.200. The van der Waals surface area contributed by atoms with E-state index in [1.807, 2.05) is 20.8 Å². The fourth-order valence-corrected chi connectivity index (χ4v) is 1.05. The molecule has 12 heavy (non-hydrogen) atoms. The quantitative estimate of drug-likeness (QED) is 0.652. The Labute approximate surface area is 74.7 Å². The summed E-state index contributed by atoms with van der Waals surface area (Å²) in [5.41, 5.74) is 0. The lowest BCUT2D eigenvalue weighted by molar-refractivity contribution is 0.0947. The van der Waals surface area contributed by atoms with Crippen LogP contribution >= 0.6 is 0 Å². The lowest BCUT2D eigenvalue weighted by Gasteiger charge is -2.25. The molecule has 0 aliphatic carbocycles. The van der Waals surface area contributed by atoms with Crippen molar-refractivity contribution in [3.8, 4) is 0 Å². The van der Waals surface area contributed by atoms with Crippen LogP contribution in [0.5, 0.6) is 0 Å². The Morgan fingerprint density at radius 2 is 2.00 bits per heavy atom. The molecule has 0 radical (unpaired) electrons. The molecule has 1 unspecified atom stereocenters. The maximum atomic E-state index is 11.3. The largest absolute Gasteiger partial charge is 0.450 e. The van der Waals surface area contributed by atoms with Crippen molar-refractivity contribution in [2.75, 3.05) is 13.2 Å². The van der Waals surface area contributed by atoms with Crippen LogP contribution in [-0.2, 0) is 4.74 Å². The van der Waals surface area contributed by atoms with Gasteiger partial charge < -0.3 is 9.64 Å². The number of hydrogen-bond donors (Lipinski definition) is 0. The van der Waals surface area contributed by atoms with Crippen LogP contribution in [-0.4, -0.2) is 30.2 Å². The molecule has 1 atom stereocenters. The molecule has 0 saturated carbocycles. The monoisotopic (exact) mass is 173 g/mol. The molecule has 0 spiro atoms. The molecule has 0 fully saturated rings. The summed E-state index contributed by atoms with van der Waals surface area (Å²) in [7, 11) is 0. The number of rotatable bonds is 4. The molecule has 0 aliphatic heterocycles. The number of amides is 1. The highest BCUT2D eigenvalue weighted by Gasteiger charge is 2.17. The Hall–Kier alpha value is -0.730. The summed E-state index contributed by atoms with van der Waals surface area (Å²) in [6.07, 6.45) is 0.765. The van der Waals surface area contributed by atoms with E-state index in [2.05, 4.69) is 6.92 Å². The van der Waals surface area contributed by atoms with Crippen molar-refractivity contribution in [2.45, 2.75) is 40.2 Å². The van der Waals surface area contributed by atoms with E-state index in [1.165, 1.54) is 0 Å². The second kappa shape index (κ2) is 5.86. The molecular weight excluding hydrogens is 154 g/mol. The molecule has 0 bridgehead atoms. The SMILES string of the molecule is CCOC(=O)N(CC)C(C)CC. The van der Waals surface area contributed by atoms with Crippen molar-refractivity contribution >= 4 is 6.09 Å². The summed E-state index contributed by atoms with van der Waals surface area (Å²) in [6.45, 7) is 9.04. The zero-order valence-corrected chi connectivity index (χ0v) is 8.46. The predicted octanol–water partition coefficient (Wildman–Crippen LogP) is 2.26. The minimum Gasteiger partial charge on any atom is -0.450 e. The van der Waals surface area contributed by atoms with Crippen LogP contribution in [0.2, 0.25) is 0 Å². The van der Waals surface area contributed by atoms with Crippen molar-refractivity contribution in [3.63, 3.8) is 0 Å². The molecule has 0 heterocycles. The van der Waals surface area contributed by atoms with Gasteiger partial charge in [-0.2, -0.15) is 0 Å². The van der Waals surface area contributed by atoms with Crippen LogP contribution < -0.4 is 0 Å². The molecular formula is C9H19NO2. The average Bonchev–Trinajstić information content (AvgIpc) is 2.06. The third-order valence-corrected chi connectivity index (χ3v) is 1.97. The summed E-state index contributed by atoms with van der Waals surface area (Å²) >= 11 is 0. The molecule has 3 nitrogen and oxygen atoms in total. The molecule has 0 aromatic carbocycles. The van der Waals surface area contributed by atoms with E-state index in [4.69, 9.17) is 4.74 Å². The van der Waals surface area contributed by atoms with Crippen molar-refractivity contribution < 1.29 is 9.53 Å². The van der Waals surface area contributed by atoms with Crippen molar-refractivity contribution in [1.29, 1.82) is 0 Å². The highest BCUT2D eigenvalue weighted by Crippen LogP contribution is 2.04. The summed E-state index contributed by atoms with van der Waals surface area (Å²) in [5, 5.41) is 0. The second-order valence-corrected chi connectivity index (χ2v) is 2.74. The van der Waals surface area contributed by atoms with Crippen molar-refractivity contribution in [1.82, 2.24) is 4.90 Å². The third kappa shape index (κ3) is 3.11. The number of carbonyl (C=O) groups excluding carboxylic acids is 1. The lowest BCUT2D eigenvalue weighted by atomic mass is 10.2.